The Morgan fingerprint density at radius 2 is 1.06 bits per heavy atom. The van der Waals surface area contributed by atoms with E-state index in [4.69, 9.17) is 24.8 Å². The fourth-order valence-electron chi connectivity index (χ4n) is 3.19. The third kappa shape index (κ3) is 20.9. The molecule has 0 aliphatic carbocycles. The number of carboxylic acid groups (broad SMARTS) is 2. The van der Waals surface area contributed by atoms with E-state index in [-0.39, 0.29) is 155 Å². The summed E-state index contributed by atoms with van der Waals surface area (Å²) in [6.07, 6.45) is 1.83. The van der Waals surface area contributed by atoms with Crippen molar-refractivity contribution in [3.63, 3.8) is 0 Å². The zero-order valence-electron chi connectivity index (χ0n) is 26.0. The van der Waals surface area contributed by atoms with Crippen LogP contribution in [0, 0.1) is 24.3 Å². The van der Waals surface area contributed by atoms with Gasteiger partial charge in [-0.3, -0.25) is 0 Å². The molecule has 1 fully saturated rings. The van der Waals surface area contributed by atoms with Crippen molar-refractivity contribution in [3.05, 3.63) is 142 Å². The van der Waals surface area contributed by atoms with Gasteiger partial charge >= 0.3 is 0 Å². The molecule has 0 aromatic heterocycles. The molecular formula is C34H28O10SY4-4. The van der Waals surface area contributed by atoms with Crippen molar-refractivity contribution in [2.24, 2.45) is 0 Å². The smallest absolute Gasteiger partial charge is 0.247 e. The van der Waals surface area contributed by atoms with Gasteiger partial charge in [-0.1, -0.05) is 33.4 Å². The molecule has 1 aliphatic rings. The number of aliphatic hydroxyl groups is 1. The van der Waals surface area contributed by atoms with Crippen molar-refractivity contribution in [3.8, 4) is 0 Å². The Morgan fingerprint density at radius 1 is 0.653 bits per heavy atom. The van der Waals surface area contributed by atoms with Crippen LogP contribution < -0.4 is 0 Å². The molecule has 1 heterocycles. The van der Waals surface area contributed by atoms with Gasteiger partial charge in [-0.2, -0.15) is 66.7 Å². The number of carbonyl (C=O) groups is 5. The summed E-state index contributed by atoms with van der Waals surface area (Å²) in [5.41, 5.74) is 4.38. The van der Waals surface area contributed by atoms with Gasteiger partial charge in [-0.15, -0.1) is 54.1 Å². The van der Waals surface area contributed by atoms with Crippen LogP contribution in [0.25, 0.3) is 0 Å². The first-order chi connectivity index (χ1) is 21.7. The van der Waals surface area contributed by atoms with E-state index in [1.165, 1.54) is 24.3 Å². The van der Waals surface area contributed by atoms with Gasteiger partial charge in [0.1, 0.15) is 12.6 Å². The molecule has 0 bridgehead atoms. The second-order valence-corrected chi connectivity index (χ2v) is 9.04. The molecule has 49 heavy (non-hydrogen) atoms. The fraction of sp³-hybridized carbons (Fsp3) is 0.147. The molecule has 246 valence electrons. The topological polar surface area (TPSA) is 164 Å². The first-order valence-electron chi connectivity index (χ1n) is 13.1. The van der Waals surface area contributed by atoms with Gasteiger partial charge in [0.05, 0.1) is 25.8 Å². The zero-order chi connectivity index (χ0) is 33.0. The Morgan fingerprint density at radius 3 is 1.37 bits per heavy atom. The summed E-state index contributed by atoms with van der Waals surface area (Å²) in [4.78, 5) is 51.2. The van der Waals surface area contributed by atoms with Crippen LogP contribution in [0.15, 0.2) is 72.8 Å². The molecular weight excluding hydrogens is 956 g/mol. The van der Waals surface area contributed by atoms with Crippen LogP contribution in [-0.4, -0.2) is 59.3 Å². The summed E-state index contributed by atoms with van der Waals surface area (Å²) in [6.45, 7) is 1.12. The molecule has 15 heteroatoms. The van der Waals surface area contributed by atoms with Crippen LogP contribution in [0.2, 0.25) is 0 Å². The van der Waals surface area contributed by atoms with Crippen LogP contribution in [0.3, 0.4) is 0 Å². The summed E-state index contributed by atoms with van der Waals surface area (Å²) in [5.74, 6) is -1.36. The third-order valence-corrected chi connectivity index (χ3v) is 5.92. The van der Waals surface area contributed by atoms with Crippen molar-refractivity contribution in [1.82, 2.24) is 0 Å². The van der Waals surface area contributed by atoms with Crippen molar-refractivity contribution < 1.29 is 180 Å². The predicted molar refractivity (Wildman–Crippen MR) is 164 cm³/mol. The van der Waals surface area contributed by atoms with Gasteiger partial charge < -0.3 is 48.8 Å². The van der Waals surface area contributed by atoms with Gasteiger partial charge in [-0.05, 0) is 5.75 Å². The molecule has 0 atom stereocenters. The summed E-state index contributed by atoms with van der Waals surface area (Å²) in [7, 11) is 0. The molecule has 5 rings (SSSR count). The Bertz CT molecular complexity index is 1460. The van der Waals surface area contributed by atoms with Gasteiger partial charge in [0.25, 0.3) is 0 Å². The maximum absolute atomic E-state index is 10.5. The maximum Gasteiger partial charge on any atom is 0.247 e. The molecule has 4 aromatic carbocycles. The third-order valence-electron chi connectivity index (χ3n) is 5.58. The molecule has 4 aromatic rings. The quantitative estimate of drug-likeness (QED) is 0.110. The maximum atomic E-state index is 10.5. The van der Waals surface area contributed by atoms with Crippen LogP contribution in [0.1, 0.15) is 74.8 Å². The Labute approximate surface area is 390 Å². The van der Waals surface area contributed by atoms with Crippen molar-refractivity contribution in [1.29, 1.82) is 0 Å². The standard InChI is InChI=1S/C10H9O4.C8H5O3.C8H7O2.C8H7OS.4Y/c11-9(12)7-1-3-8(4-2-7)10-13-5-6-14-10;9-5-6-1-3-7(4-2-6)8(10)11;9-5-7-1-2-8(6-10)4-3-7;9-5-7-1-3-8(6-10)4-2-7;;;;/h1,3-4,10H,5-6H2,(H,11,12);1-3,5H,(H,10,11);2*1-3,5,10H,6H2;;;;/q4*-1;;;;. The number of benzene rings is 4. The monoisotopic (exact) mass is 984 g/mol. The van der Waals surface area contributed by atoms with Gasteiger partial charge in [0.2, 0.25) is 11.9 Å². The van der Waals surface area contributed by atoms with Gasteiger partial charge in [0.15, 0.2) is 0 Å². The minimum absolute atomic E-state index is 0. The van der Waals surface area contributed by atoms with E-state index < -0.39 is 11.9 Å². The number of rotatable bonds is 8. The minimum atomic E-state index is -1.04. The second-order valence-electron chi connectivity index (χ2n) is 8.72. The average molecular weight is 984 g/mol. The summed E-state index contributed by atoms with van der Waals surface area (Å²) in [5, 5.41) is 25.7. The summed E-state index contributed by atoms with van der Waals surface area (Å²) in [6, 6.07) is 29.8. The largest absolute Gasteiger partial charge is 0.521 e. The minimum Gasteiger partial charge on any atom is -0.521 e. The molecule has 3 N–H and O–H groups in total. The summed E-state index contributed by atoms with van der Waals surface area (Å²) < 4.78 is 10.5. The fourth-order valence-corrected chi connectivity index (χ4v) is 3.39. The second kappa shape index (κ2) is 31.0. The number of carbonyl (C=O) groups excluding carboxylic acids is 3. The number of aromatic carboxylic acids is 2. The number of carboxylic acids is 2. The van der Waals surface area contributed by atoms with E-state index >= 15 is 0 Å². The van der Waals surface area contributed by atoms with Gasteiger partial charge in [0, 0.05) is 137 Å². The molecule has 0 amide bonds. The molecule has 0 spiro atoms. The van der Waals surface area contributed by atoms with Gasteiger partial charge in [-0.25, -0.2) is 0 Å². The van der Waals surface area contributed by atoms with Crippen LogP contribution in [-0.2, 0) is 153 Å². The number of ether oxygens (including phenoxy) is 2. The molecule has 1 saturated heterocycles. The Hall–Kier alpha value is -0.524. The Kier molecular flexibility index (Phi) is 33.5. The normalized spacial score (nSPS) is 10.7. The van der Waals surface area contributed by atoms with E-state index in [9.17, 15) is 24.0 Å². The number of hydrogen-bond donors (Lipinski definition) is 4. The predicted octanol–water partition coefficient (Wildman–Crippen LogP) is 4.74. The first-order valence-corrected chi connectivity index (χ1v) is 13.7. The molecule has 4 radical (unpaired) electrons. The van der Waals surface area contributed by atoms with Crippen molar-refractivity contribution in [2.75, 3.05) is 13.2 Å². The molecule has 0 saturated carbocycles. The number of aldehydes is 3. The summed E-state index contributed by atoms with van der Waals surface area (Å²) >= 11 is 4.05. The van der Waals surface area contributed by atoms with Crippen molar-refractivity contribution in [2.45, 2.75) is 18.6 Å². The van der Waals surface area contributed by atoms with Crippen LogP contribution >= 0.6 is 12.6 Å². The zero-order valence-corrected chi connectivity index (χ0v) is 38.3. The van der Waals surface area contributed by atoms with E-state index in [1.54, 1.807) is 42.5 Å². The van der Waals surface area contributed by atoms with Crippen LogP contribution in [0.5, 0.6) is 0 Å². The Balaban J connectivity index is -0.000000566. The van der Waals surface area contributed by atoms with Crippen molar-refractivity contribution >= 4 is 43.4 Å². The SMILES string of the molecule is O=C(O)c1[c-]cc(C2OCCO2)cc1.O=Cc1c[c-]c(C(=O)O)cc1.O=Cc1c[c-]c(CO)cc1.O=Cc1c[c-]c(CS)cc1.[Y].[Y].[Y].[Y]. The van der Waals surface area contributed by atoms with E-state index in [2.05, 4.69) is 36.9 Å². The van der Waals surface area contributed by atoms with Crippen LogP contribution in [0.4, 0.5) is 0 Å². The van der Waals surface area contributed by atoms with E-state index in [1.807, 2.05) is 6.07 Å². The molecule has 10 nitrogen and oxygen atoms in total. The van der Waals surface area contributed by atoms with E-state index in [0.717, 1.165) is 23.7 Å². The first kappa shape index (κ1) is 52.8. The number of aliphatic hydroxyl groups excluding tert-OH is 1. The molecule has 0 unspecified atom stereocenters. The average Bonchev–Trinajstić information content (AvgIpc) is 3.65. The van der Waals surface area contributed by atoms with E-state index in [0.29, 0.717) is 47.5 Å². The number of thiol groups is 1. The number of hydrogen-bond acceptors (Lipinski definition) is 9. The molecule has 1 aliphatic heterocycles.